The van der Waals surface area contributed by atoms with Gasteiger partial charge in [-0.3, -0.25) is 4.79 Å². The first kappa shape index (κ1) is 15.8. The molecule has 0 radical (unpaired) electrons. The smallest absolute Gasteiger partial charge is 0.307 e. The van der Waals surface area contributed by atoms with Crippen molar-refractivity contribution in [3.05, 3.63) is 29.8 Å². The molecule has 2 rings (SSSR count). The molecule has 4 heteroatoms. The fraction of sp³-hybridized carbons (Fsp3) is 0.588. The van der Waals surface area contributed by atoms with Crippen molar-refractivity contribution in [2.75, 3.05) is 13.2 Å². The molecule has 1 aliphatic carbocycles. The Hall–Kier alpha value is -1.55. The number of hydrogen-bond acceptors (Lipinski definition) is 4. The van der Waals surface area contributed by atoms with Gasteiger partial charge in [0, 0.05) is 12.6 Å². The molecule has 1 aromatic rings. The van der Waals surface area contributed by atoms with Crippen LogP contribution < -0.4 is 5.32 Å². The minimum Gasteiger partial charge on any atom is -0.508 e. The van der Waals surface area contributed by atoms with Gasteiger partial charge in [-0.2, -0.15) is 0 Å². The average Bonchev–Trinajstić information content (AvgIpc) is 2.49. The summed E-state index contributed by atoms with van der Waals surface area (Å²) in [5.74, 6) is 0.796. The van der Waals surface area contributed by atoms with Gasteiger partial charge in [0.15, 0.2) is 0 Å². The summed E-state index contributed by atoms with van der Waals surface area (Å²) in [5.41, 5.74) is 1.32. The van der Waals surface area contributed by atoms with E-state index in [1.807, 2.05) is 19.1 Å². The minimum absolute atomic E-state index is 0.122. The predicted molar refractivity (Wildman–Crippen MR) is 82.4 cm³/mol. The molecule has 0 heterocycles. The molecular weight excluding hydrogens is 266 g/mol. The Bertz CT molecular complexity index is 436. The van der Waals surface area contributed by atoms with Gasteiger partial charge in [-0.15, -0.1) is 0 Å². The van der Waals surface area contributed by atoms with E-state index in [2.05, 4.69) is 5.32 Å². The van der Waals surface area contributed by atoms with Gasteiger partial charge in [-0.05, 0) is 56.2 Å². The van der Waals surface area contributed by atoms with Crippen LogP contribution in [0.4, 0.5) is 0 Å². The van der Waals surface area contributed by atoms with Crippen LogP contribution in [0.25, 0.3) is 0 Å². The topological polar surface area (TPSA) is 58.6 Å². The molecule has 4 nitrogen and oxygen atoms in total. The van der Waals surface area contributed by atoms with E-state index in [1.54, 1.807) is 12.1 Å². The van der Waals surface area contributed by atoms with Crippen LogP contribution in [0, 0.1) is 0 Å². The lowest BCUT2D eigenvalue weighted by molar-refractivity contribution is -0.143. The average molecular weight is 291 g/mol. The number of phenolic OH excluding ortho intramolecular Hbond substituents is 1. The lowest BCUT2D eigenvalue weighted by Gasteiger charge is -2.29. The number of ether oxygens (including phenoxy) is 1. The monoisotopic (exact) mass is 291 g/mol. The third-order valence-electron chi connectivity index (χ3n) is 4.16. The number of esters is 1. The highest BCUT2D eigenvalue weighted by molar-refractivity contribution is 5.69. The van der Waals surface area contributed by atoms with E-state index in [1.165, 1.54) is 5.56 Å². The van der Waals surface area contributed by atoms with Gasteiger partial charge in [0.05, 0.1) is 13.0 Å². The SMILES string of the molecule is CCOC(=O)CCNC1CCC(c2ccc(O)cc2)CC1. The zero-order valence-electron chi connectivity index (χ0n) is 12.7. The fourth-order valence-corrected chi connectivity index (χ4v) is 2.99. The summed E-state index contributed by atoms with van der Waals surface area (Å²) >= 11 is 0. The minimum atomic E-state index is -0.122. The van der Waals surface area contributed by atoms with Gasteiger partial charge in [-0.25, -0.2) is 0 Å². The number of rotatable bonds is 6. The van der Waals surface area contributed by atoms with E-state index < -0.39 is 0 Å². The number of hydrogen-bond donors (Lipinski definition) is 2. The standard InChI is InChI=1S/C17H25NO3/c1-2-21-17(20)11-12-18-15-7-3-13(4-8-15)14-5-9-16(19)10-6-14/h5-6,9-10,13,15,18-19H,2-4,7-8,11-12H2,1H3. The van der Waals surface area contributed by atoms with Crippen molar-refractivity contribution in [1.82, 2.24) is 5.32 Å². The van der Waals surface area contributed by atoms with Crippen LogP contribution in [0.1, 0.15) is 50.5 Å². The Morgan fingerprint density at radius 2 is 1.90 bits per heavy atom. The molecule has 116 valence electrons. The predicted octanol–water partition coefficient (Wildman–Crippen LogP) is 2.96. The number of carbonyl (C=O) groups is 1. The van der Waals surface area contributed by atoms with Crippen molar-refractivity contribution < 1.29 is 14.6 Å². The van der Waals surface area contributed by atoms with Crippen molar-refractivity contribution in [3.8, 4) is 5.75 Å². The number of phenols is 1. The molecule has 2 N–H and O–H groups in total. The number of nitrogens with one attached hydrogen (secondary N) is 1. The summed E-state index contributed by atoms with van der Waals surface area (Å²) < 4.78 is 4.92. The maximum Gasteiger partial charge on any atom is 0.307 e. The van der Waals surface area contributed by atoms with E-state index in [4.69, 9.17) is 4.74 Å². The summed E-state index contributed by atoms with van der Waals surface area (Å²) in [4.78, 5) is 11.3. The Morgan fingerprint density at radius 1 is 1.24 bits per heavy atom. The maximum absolute atomic E-state index is 11.3. The van der Waals surface area contributed by atoms with Crippen molar-refractivity contribution in [3.63, 3.8) is 0 Å². The van der Waals surface area contributed by atoms with E-state index in [0.29, 0.717) is 37.3 Å². The van der Waals surface area contributed by atoms with Gasteiger partial charge >= 0.3 is 5.97 Å². The lowest BCUT2D eigenvalue weighted by atomic mass is 9.82. The van der Waals surface area contributed by atoms with Crippen molar-refractivity contribution in [2.24, 2.45) is 0 Å². The summed E-state index contributed by atoms with van der Waals surface area (Å²) in [6.07, 6.45) is 5.03. The van der Waals surface area contributed by atoms with Crippen LogP contribution in [-0.2, 0) is 9.53 Å². The zero-order valence-corrected chi connectivity index (χ0v) is 12.7. The second-order valence-corrected chi connectivity index (χ2v) is 5.65. The fourth-order valence-electron chi connectivity index (χ4n) is 2.99. The largest absolute Gasteiger partial charge is 0.508 e. The Labute approximate surface area is 126 Å². The molecule has 0 spiro atoms. The van der Waals surface area contributed by atoms with Gasteiger partial charge in [0.1, 0.15) is 5.75 Å². The number of benzene rings is 1. The third-order valence-corrected chi connectivity index (χ3v) is 4.16. The molecule has 0 bridgehead atoms. The summed E-state index contributed by atoms with van der Waals surface area (Å²) in [5, 5.41) is 12.8. The second-order valence-electron chi connectivity index (χ2n) is 5.65. The van der Waals surface area contributed by atoms with Gasteiger partial charge in [0.2, 0.25) is 0 Å². The summed E-state index contributed by atoms with van der Waals surface area (Å²) in [7, 11) is 0. The van der Waals surface area contributed by atoms with Crippen LogP contribution in [0.3, 0.4) is 0 Å². The molecule has 0 aliphatic heterocycles. The van der Waals surface area contributed by atoms with Crippen LogP contribution in [0.15, 0.2) is 24.3 Å². The van der Waals surface area contributed by atoms with Crippen molar-refractivity contribution >= 4 is 5.97 Å². The molecule has 0 aromatic heterocycles. The Morgan fingerprint density at radius 3 is 2.52 bits per heavy atom. The first-order valence-corrected chi connectivity index (χ1v) is 7.87. The highest BCUT2D eigenvalue weighted by Gasteiger charge is 2.22. The second kappa shape index (κ2) is 8.03. The van der Waals surface area contributed by atoms with Crippen LogP contribution in [-0.4, -0.2) is 30.3 Å². The van der Waals surface area contributed by atoms with Gasteiger partial charge in [0.25, 0.3) is 0 Å². The van der Waals surface area contributed by atoms with E-state index >= 15 is 0 Å². The molecule has 1 fully saturated rings. The highest BCUT2D eigenvalue weighted by atomic mass is 16.5. The van der Waals surface area contributed by atoms with Crippen LogP contribution in [0.2, 0.25) is 0 Å². The van der Waals surface area contributed by atoms with Gasteiger partial charge < -0.3 is 15.2 Å². The molecule has 1 saturated carbocycles. The first-order chi connectivity index (χ1) is 10.2. The van der Waals surface area contributed by atoms with Crippen molar-refractivity contribution in [1.29, 1.82) is 0 Å². The lowest BCUT2D eigenvalue weighted by Crippen LogP contribution is -2.34. The normalized spacial score (nSPS) is 22.0. The number of carbonyl (C=O) groups excluding carboxylic acids is 1. The quantitative estimate of drug-likeness (QED) is 0.791. The molecule has 0 atom stereocenters. The molecule has 0 saturated heterocycles. The molecule has 0 amide bonds. The summed E-state index contributed by atoms with van der Waals surface area (Å²) in [6.45, 7) is 2.99. The van der Waals surface area contributed by atoms with Crippen molar-refractivity contribution in [2.45, 2.75) is 51.0 Å². The van der Waals surface area contributed by atoms with Crippen LogP contribution in [0.5, 0.6) is 5.75 Å². The zero-order chi connectivity index (χ0) is 15.1. The molecule has 0 unspecified atom stereocenters. The van der Waals surface area contributed by atoms with E-state index in [0.717, 1.165) is 25.7 Å². The first-order valence-electron chi connectivity index (χ1n) is 7.87. The molecular formula is C17H25NO3. The Kier molecular flexibility index (Phi) is 6.05. The summed E-state index contributed by atoms with van der Waals surface area (Å²) in [6, 6.07) is 8.08. The van der Waals surface area contributed by atoms with Gasteiger partial charge in [-0.1, -0.05) is 12.1 Å². The highest BCUT2D eigenvalue weighted by Crippen LogP contribution is 2.33. The molecule has 1 aromatic carbocycles. The maximum atomic E-state index is 11.3. The van der Waals surface area contributed by atoms with Crippen LogP contribution >= 0.6 is 0 Å². The van der Waals surface area contributed by atoms with E-state index in [9.17, 15) is 9.90 Å². The Balaban J connectivity index is 1.68. The third kappa shape index (κ3) is 5.05. The molecule has 1 aliphatic rings. The van der Waals surface area contributed by atoms with E-state index in [-0.39, 0.29) is 5.97 Å². The molecule has 21 heavy (non-hydrogen) atoms. The number of aromatic hydroxyl groups is 1.